The summed E-state index contributed by atoms with van der Waals surface area (Å²) in [6.45, 7) is -0.968. The van der Waals surface area contributed by atoms with Crippen LogP contribution >= 0.6 is 0 Å². The quantitative estimate of drug-likeness (QED) is 0.799. The summed E-state index contributed by atoms with van der Waals surface area (Å²) in [4.78, 5) is 4.09. The van der Waals surface area contributed by atoms with Crippen molar-refractivity contribution in [1.82, 2.24) is 9.55 Å². The first-order chi connectivity index (χ1) is 6.62. The third kappa shape index (κ3) is 1.92. The van der Waals surface area contributed by atoms with E-state index in [9.17, 15) is 8.78 Å². The highest BCUT2D eigenvalue weighted by Crippen LogP contribution is 2.39. The van der Waals surface area contributed by atoms with E-state index in [-0.39, 0.29) is 6.54 Å². The molecule has 3 nitrogen and oxygen atoms in total. The van der Waals surface area contributed by atoms with Crippen molar-refractivity contribution < 1.29 is 8.78 Å². The SMILES string of the molecule is NCC(F)(F)Cn1ccnc1C1CC1. The van der Waals surface area contributed by atoms with Gasteiger partial charge in [0.05, 0.1) is 13.1 Å². The molecule has 0 amide bonds. The number of nitrogens with zero attached hydrogens (tertiary/aromatic N) is 2. The van der Waals surface area contributed by atoms with Crippen molar-refractivity contribution in [2.75, 3.05) is 6.54 Å². The first-order valence-electron chi connectivity index (χ1n) is 4.71. The molecule has 0 aliphatic heterocycles. The van der Waals surface area contributed by atoms with E-state index < -0.39 is 12.5 Å². The predicted molar refractivity (Wildman–Crippen MR) is 48.2 cm³/mol. The van der Waals surface area contributed by atoms with E-state index in [1.165, 1.54) is 4.57 Å². The average Bonchev–Trinajstić information content (AvgIpc) is 2.88. The number of aromatic nitrogens is 2. The number of nitrogens with two attached hydrogens (primary N) is 1. The fourth-order valence-electron chi connectivity index (χ4n) is 1.47. The smallest absolute Gasteiger partial charge is 0.277 e. The number of alkyl halides is 2. The summed E-state index contributed by atoms with van der Waals surface area (Å²) in [5, 5.41) is 0. The summed E-state index contributed by atoms with van der Waals surface area (Å²) < 4.78 is 27.5. The van der Waals surface area contributed by atoms with E-state index in [1.54, 1.807) is 12.4 Å². The molecular formula is C9H13F2N3. The van der Waals surface area contributed by atoms with Gasteiger partial charge in [-0.2, -0.15) is 0 Å². The van der Waals surface area contributed by atoms with Crippen LogP contribution in [0.25, 0.3) is 0 Å². The zero-order chi connectivity index (χ0) is 10.2. The van der Waals surface area contributed by atoms with Gasteiger partial charge in [0.15, 0.2) is 0 Å². The second-order valence-electron chi connectivity index (χ2n) is 3.75. The van der Waals surface area contributed by atoms with Crippen molar-refractivity contribution in [3.8, 4) is 0 Å². The van der Waals surface area contributed by atoms with Crippen molar-refractivity contribution >= 4 is 0 Å². The predicted octanol–water partition coefficient (Wildman–Crippen LogP) is 1.35. The van der Waals surface area contributed by atoms with E-state index in [0.29, 0.717) is 5.92 Å². The summed E-state index contributed by atoms with van der Waals surface area (Å²) in [6.07, 6.45) is 5.29. The van der Waals surface area contributed by atoms with Gasteiger partial charge in [0.2, 0.25) is 0 Å². The Hall–Kier alpha value is -0.970. The average molecular weight is 201 g/mol. The maximum absolute atomic E-state index is 13.0. The molecule has 0 saturated heterocycles. The second kappa shape index (κ2) is 3.31. The van der Waals surface area contributed by atoms with Gasteiger partial charge in [-0.15, -0.1) is 0 Å². The molecule has 0 unspecified atom stereocenters. The van der Waals surface area contributed by atoms with Crippen LogP contribution in [0.15, 0.2) is 12.4 Å². The lowest BCUT2D eigenvalue weighted by molar-refractivity contribution is -0.00734. The molecule has 2 N–H and O–H groups in total. The Morgan fingerprint density at radius 1 is 1.57 bits per heavy atom. The third-order valence-electron chi connectivity index (χ3n) is 2.39. The van der Waals surface area contributed by atoms with Crippen molar-refractivity contribution in [1.29, 1.82) is 0 Å². The van der Waals surface area contributed by atoms with E-state index >= 15 is 0 Å². The minimum absolute atomic E-state index is 0.352. The molecule has 2 rings (SSSR count). The number of hydrogen-bond acceptors (Lipinski definition) is 2. The third-order valence-corrected chi connectivity index (χ3v) is 2.39. The number of imidazole rings is 1. The Bertz CT molecular complexity index is 318. The topological polar surface area (TPSA) is 43.8 Å². The van der Waals surface area contributed by atoms with Gasteiger partial charge in [0, 0.05) is 18.3 Å². The molecule has 1 saturated carbocycles. The van der Waals surface area contributed by atoms with Crippen LogP contribution in [0.5, 0.6) is 0 Å². The molecule has 14 heavy (non-hydrogen) atoms. The Morgan fingerprint density at radius 3 is 2.86 bits per heavy atom. The van der Waals surface area contributed by atoms with Crippen molar-refractivity contribution in [2.24, 2.45) is 5.73 Å². The van der Waals surface area contributed by atoms with Crippen LogP contribution in [-0.2, 0) is 6.54 Å². The van der Waals surface area contributed by atoms with Gasteiger partial charge < -0.3 is 10.3 Å². The van der Waals surface area contributed by atoms with Crippen LogP contribution in [0, 0.1) is 0 Å². The monoisotopic (exact) mass is 201 g/mol. The molecule has 1 aromatic heterocycles. The van der Waals surface area contributed by atoms with Crippen molar-refractivity contribution in [2.45, 2.75) is 31.2 Å². The normalized spacial score (nSPS) is 17.4. The lowest BCUT2D eigenvalue weighted by atomic mass is 10.3. The molecule has 1 fully saturated rings. The van der Waals surface area contributed by atoms with Gasteiger partial charge in [0.1, 0.15) is 5.82 Å². The zero-order valence-corrected chi connectivity index (χ0v) is 7.79. The molecule has 0 spiro atoms. The fraction of sp³-hybridized carbons (Fsp3) is 0.667. The maximum Gasteiger partial charge on any atom is 0.277 e. The molecule has 0 bridgehead atoms. The number of halogens is 2. The molecule has 5 heteroatoms. The molecule has 0 radical (unpaired) electrons. The summed E-state index contributed by atoms with van der Waals surface area (Å²) in [5.41, 5.74) is 4.98. The summed E-state index contributed by atoms with van der Waals surface area (Å²) >= 11 is 0. The highest BCUT2D eigenvalue weighted by atomic mass is 19.3. The zero-order valence-electron chi connectivity index (χ0n) is 7.79. The van der Waals surface area contributed by atoms with Crippen LogP contribution in [0.1, 0.15) is 24.6 Å². The highest BCUT2D eigenvalue weighted by Gasteiger charge is 2.32. The van der Waals surface area contributed by atoms with Gasteiger partial charge in [-0.05, 0) is 12.8 Å². The molecule has 1 heterocycles. The maximum atomic E-state index is 13.0. The van der Waals surface area contributed by atoms with Crippen molar-refractivity contribution in [3.05, 3.63) is 18.2 Å². The van der Waals surface area contributed by atoms with E-state index in [4.69, 9.17) is 5.73 Å². The molecule has 0 aromatic carbocycles. The van der Waals surface area contributed by atoms with E-state index in [0.717, 1.165) is 18.7 Å². The summed E-state index contributed by atoms with van der Waals surface area (Å²) in [7, 11) is 0. The Labute approximate surface area is 80.9 Å². The lowest BCUT2D eigenvalue weighted by Crippen LogP contribution is -2.33. The standard InChI is InChI=1S/C9H13F2N3/c10-9(11,5-12)6-14-4-3-13-8(14)7-1-2-7/h3-4,7H,1-2,5-6,12H2. The Balaban J connectivity index is 2.11. The van der Waals surface area contributed by atoms with Crippen molar-refractivity contribution in [3.63, 3.8) is 0 Å². The van der Waals surface area contributed by atoms with Gasteiger partial charge in [0.25, 0.3) is 5.92 Å². The molecule has 1 aliphatic carbocycles. The Kier molecular flexibility index (Phi) is 2.26. The van der Waals surface area contributed by atoms with Crippen LogP contribution < -0.4 is 5.73 Å². The first kappa shape index (κ1) is 9.58. The molecule has 1 aliphatic rings. The minimum Gasteiger partial charge on any atom is -0.329 e. The minimum atomic E-state index is -2.83. The van der Waals surface area contributed by atoms with Gasteiger partial charge in [-0.3, -0.25) is 0 Å². The second-order valence-corrected chi connectivity index (χ2v) is 3.75. The largest absolute Gasteiger partial charge is 0.329 e. The molecule has 78 valence electrons. The lowest BCUT2D eigenvalue weighted by Gasteiger charge is -2.15. The summed E-state index contributed by atoms with van der Waals surface area (Å²) in [5.74, 6) is -1.67. The number of rotatable bonds is 4. The van der Waals surface area contributed by atoms with Gasteiger partial charge >= 0.3 is 0 Å². The summed E-state index contributed by atoms with van der Waals surface area (Å²) in [6, 6.07) is 0. The first-order valence-corrected chi connectivity index (χ1v) is 4.71. The van der Waals surface area contributed by atoms with Crippen LogP contribution in [0.2, 0.25) is 0 Å². The Morgan fingerprint density at radius 2 is 2.29 bits per heavy atom. The highest BCUT2D eigenvalue weighted by molar-refractivity contribution is 5.07. The van der Waals surface area contributed by atoms with Gasteiger partial charge in [-0.1, -0.05) is 0 Å². The van der Waals surface area contributed by atoms with Crippen LogP contribution in [-0.4, -0.2) is 22.0 Å². The van der Waals surface area contributed by atoms with Crippen LogP contribution in [0.3, 0.4) is 0 Å². The molecule has 1 aromatic rings. The molecule has 0 atom stereocenters. The van der Waals surface area contributed by atoms with E-state index in [2.05, 4.69) is 4.98 Å². The van der Waals surface area contributed by atoms with Gasteiger partial charge in [-0.25, -0.2) is 13.8 Å². The fourth-order valence-corrected chi connectivity index (χ4v) is 1.47. The van der Waals surface area contributed by atoms with E-state index in [1.807, 2.05) is 0 Å². The molecular weight excluding hydrogens is 188 g/mol. The van der Waals surface area contributed by atoms with Crippen LogP contribution in [0.4, 0.5) is 8.78 Å². The number of hydrogen-bond donors (Lipinski definition) is 1.